The zero-order chi connectivity index (χ0) is 12.5. The van der Waals surface area contributed by atoms with Crippen LogP contribution in [0, 0.1) is 17.8 Å². The summed E-state index contributed by atoms with van der Waals surface area (Å²) in [5.41, 5.74) is 0.586. The van der Waals surface area contributed by atoms with Crippen LogP contribution in [-0.2, 0) is 0 Å². The van der Waals surface area contributed by atoms with Crippen molar-refractivity contribution < 1.29 is 9.84 Å². The van der Waals surface area contributed by atoms with Gasteiger partial charge in [0.25, 0.3) is 0 Å². The maximum absolute atomic E-state index is 10.3. The minimum Gasteiger partial charge on any atom is -0.480 e. The van der Waals surface area contributed by atoms with Gasteiger partial charge in [-0.3, -0.25) is 4.98 Å². The van der Waals surface area contributed by atoms with Crippen molar-refractivity contribution in [3.63, 3.8) is 0 Å². The average molecular weight is 248 g/mol. The lowest BCUT2D eigenvalue weighted by molar-refractivity contribution is 0.118. The van der Waals surface area contributed by atoms with Gasteiger partial charge < -0.3 is 9.84 Å². The Kier molecular flexibility index (Phi) is 3.20. The summed E-state index contributed by atoms with van der Waals surface area (Å²) in [4.78, 5) is 8.31. The lowest BCUT2D eigenvalue weighted by Crippen LogP contribution is -2.15. The molecule has 0 spiro atoms. The first-order valence-electron chi connectivity index (χ1n) is 6.81. The van der Waals surface area contributed by atoms with Crippen LogP contribution in [0.2, 0.25) is 0 Å². The lowest BCUT2D eigenvalue weighted by atomic mass is 9.84. The molecule has 1 aromatic heterocycles. The van der Waals surface area contributed by atoms with Gasteiger partial charge >= 0.3 is 0 Å². The number of nitrogens with zero attached hydrogens (tertiary/aromatic N) is 2. The van der Waals surface area contributed by atoms with Crippen molar-refractivity contribution in [1.29, 1.82) is 0 Å². The Morgan fingerprint density at radius 2 is 2.17 bits per heavy atom. The molecule has 4 nitrogen and oxygen atoms in total. The predicted octanol–water partition coefficient (Wildman–Crippen LogP) is 2.34. The summed E-state index contributed by atoms with van der Waals surface area (Å²) in [5.74, 6) is 2.85. The Hall–Kier alpha value is -1.16. The summed E-state index contributed by atoms with van der Waals surface area (Å²) in [6.45, 7) is 0. The normalized spacial score (nSPS) is 31.6. The molecule has 18 heavy (non-hydrogen) atoms. The quantitative estimate of drug-likeness (QED) is 0.888. The molecule has 0 aliphatic heterocycles. The van der Waals surface area contributed by atoms with Crippen LogP contribution < -0.4 is 4.74 Å². The van der Waals surface area contributed by atoms with Gasteiger partial charge in [0, 0.05) is 12.4 Å². The molecular weight excluding hydrogens is 228 g/mol. The van der Waals surface area contributed by atoms with Crippen LogP contribution in [0.1, 0.15) is 43.9 Å². The first-order valence-corrected chi connectivity index (χ1v) is 6.81. The molecule has 1 aromatic rings. The molecule has 0 amide bonds. The third-order valence-corrected chi connectivity index (χ3v) is 4.61. The van der Waals surface area contributed by atoms with Crippen molar-refractivity contribution in [2.24, 2.45) is 17.8 Å². The van der Waals surface area contributed by atoms with Crippen LogP contribution in [0.5, 0.6) is 5.88 Å². The van der Waals surface area contributed by atoms with Gasteiger partial charge in [0.05, 0.1) is 7.11 Å². The second-order valence-electron chi connectivity index (χ2n) is 5.64. The summed E-state index contributed by atoms with van der Waals surface area (Å²) >= 11 is 0. The van der Waals surface area contributed by atoms with Gasteiger partial charge in [-0.15, -0.1) is 0 Å². The minimum atomic E-state index is -0.544. The van der Waals surface area contributed by atoms with E-state index in [-0.39, 0.29) is 0 Å². The number of aliphatic hydroxyl groups excluding tert-OH is 1. The van der Waals surface area contributed by atoms with E-state index in [9.17, 15) is 5.11 Å². The Balaban J connectivity index is 1.69. The number of ether oxygens (including phenoxy) is 1. The Morgan fingerprint density at radius 3 is 2.83 bits per heavy atom. The fourth-order valence-electron chi connectivity index (χ4n) is 3.79. The predicted molar refractivity (Wildman–Crippen MR) is 67.1 cm³/mol. The molecule has 4 atom stereocenters. The number of aromatic nitrogens is 2. The van der Waals surface area contributed by atoms with Gasteiger partial charge in [-0.2, -0.15) is 0 Å². The first-order chi connectivity index (χ1) is 8.78. The summed E-state index contributed by atoms with van der Waals surface area (Å²) < 4.78 is 5.16. The van der Waals surface area contributed by atoms with Gasteiger partial charge in [-0.1, -0.05) is 6.42 Å². The molecule has 1 heterocycles. The summed E-state index contributed by atoms with van der Waals surface area (Å²) in [6, 6.07) is 0. The largest absolute Gasteiger partial charge is 0.480 e. The molecule has 0 saturated heterocycles. The topological polar surface area (TPSA) is 55.2 Å². The van der Waals surface area contributed by atoms with E-state index in [1.165, 1.54) is 25.7 Å². The second kappa shape index (κ2) is 4.84. The first kappa shape index (κ1) is 11.9. The van der Waals surface area contributed by atoms with Crippen LogP contribution >= 0.6 is 0 Å². The minimum absolute atomic E-state index is 0.452. The SMILES string of the molecule is COc1nccnc1C(O)CC1CC2CCC1C2. The van der Waals surface area contributed by atoms with Crippen molar-refractivity contribution in [3.8, 4) is 5.88 Å². The molecule has 2 fully saturated rings. The van der Waals surface area contributed by atoms with Gasteiger partial charge in [0.1, 0.15) is 11.8 Å². The van der Waals surface area contributed by atoms with Gasteiger partial charge in [0.2, 0.25) is 5.88 Å². The van der Waals surface area contributed by atoms with E-state index in [0.717, 1.165) is 18.3 Å². The second-order valence-corrected chi connectivity index (χ2v) is 5.64. The highest BCUT2D eigenvalue weighted by atomic mass is 16.5. The number of aliphatic hydroxyl groups is 1. The molecule has 0 radical (unpaired) electrons. The van der Waals surface area contributed by atoms with Crippen LogP contribution in [0.4, 0.5) is 0 Å². The van der Waals surface area contributed by atoms with Crippen molar-refractivity contribution in [3.05, 3.63) is 18.1 Å². The number of methoxy groups -OCH3 is 1. The molecule has 4 heteroatoms. The third-order valence-electron chi connectivity index (χ3n) is 4.61. The molecule has 98 valence electrons. The monoisotopic (exact) mass is 248 g/mol. The highest BCUT2D eigenvalue weighted by Gasteiger charge is 2.40. The maximum Gasteiger partial charge on any atom is 0.238 e. The standard InChI is InChI=1S/C14H20N2O2/c1-18-14-13(15-4-5-16-14)12(17)8-11-7-9-2-3-10(11)6-9/h4-5,9-12,17H,2-3,6-8H2,1H3. The van der Waals surface area contributed by atoms with E-state index in [1.54, 1.807) is 19.5 Å². The molecule has 2 bridgehead atoms. The molecule has 2 aliphatic rings. The highest BCUT2D eigenvalue weighted by molar-refractivity contribution is 5.19. The van der Waals surface area contributed by atoms with Crippen molar-refractivity contribution in [2.75, 3.05) is 7.11 Å². The van der Waals surface area contributed by atoms with Gasteiger partial charge in [-0.25, -0.2) is 4.98 Å². The molecular formula is C14H20N2O2. The maximum atomic E-state index is 10.3. The van der Waals surface area contributed by atoms with Gasteiger partial charge in [-0.05, 0) is 43.4 Å². The van der Waals surface area contributed by atoms with Crippen LogP contribution in [-0.4, -0.2) is 22.2 Å². The van der Waals surface area contributed by atoms with E-state index in [0.29, 0.717) is 17.5 Å². The summed E-state index contributed by atoms with van der Waals surface area (Å²) in [5, 5.41) is 10.3. The zero-order valence-corrected chi connectivity index (χ0v) is 10.7. The van der Waals surface area contributed by atoms with E-state index >= 15 is 0 Å². The van der Waals surface area contributed by atoms with E-state index in [2.05, 4.69) is 9.97 Å². The number of rotatable bonds is 4. The number of hydrogen-bond donors (Lipinski definition) is 1. The Bertz CT molecular complexity index is 424. The van der Waals surface area contributed by atoms with Crippen molar-refractivity contribution in [1.82, 2.24) is 9.97 Å². The van der Waals surface area contributed by atoms with Crippen molar-refractivity contribution >= 4 is 0 Å². The van der Waals surface area contributed by atoms with E-state index < -0.39 is 6.10 Å². The zero-order valence-electron chi connectivity index (χ0n) is 10.7. The van der Waals surface area contributed by atoms with Crippen molar-refractivity contribution in [2.45, 2.75) is 38.2 Å². The number of hydrogen-bond acceptors (Lipinski definition) is 4. The lowest BCUT2D eigenvalue weighted by Gasteiger charge is -2.24. The summed E-state index contributed by atoms with van der Waals surface area (Å²) in [6.07, 6.45) is 8.85. The van der Waals surface area contributed by atoms with E-state index in [4.69, 9.17) is 4.74 Å². The third kappa shape index (κ3) is 2.09. The highest BCUT2D eigenvalue weighted by Crippen LogP contribution is 2.51. The van der Waals surface area contributed by atoms with Crippen LogP contribution in [0.25, 0.3) is 0 Å². The molecule has 3 rings (SSSR count). The fourth-order valence-corrected chi connectivity index (χ4v) is 3.79. The molecule has 4 unspecified atom stereocenters. The molecule has 1 N–H and O–H groups in total. The Morgan fingerprint density at radius 1 is 1.33 bits per heavy atom. The van der Waals surface area contributed by atoms with Gasteiger partial charge in [0.15, 0.2) is 0 Å². The molecule has 2 saturated carbocycles. The summed E-state index contributed by atoms with van der Waals surface area (Å²) in [7, 11) is 1.57. The number of fused-ring (bicyclic) bond motifs is 2. The molecule has 0 aromatic carbocycles. The van der Waals surface area contributed by atoms with Crippen LogP contribution in [0.3, 0.4) is 0 Å². The smallest absolute Gasteiger partial charge is 0.238 e. The fraction of sp³-hybridized carbons (Fsp3) is 0.714. The molecule has 2 aliphatic carbocycles. The van der Waals surface area contributed by atoms with E-state index in [1.807, 2.05) is 0 Å². The Labute approximate surface area is 107 Å². The van der Waals surface area contributed by atoms with Crippen LogP contribution in [0.15, 0.2) is 12.4 Å². The average Bonchev–Trinajstić information content (AvgIpc) is 3.01.